The molecule has 22 heavy (non-hydrogen) atoms. The zero-order valence-electron chi connectivity index (χ0n) is 12.2. The summed E-state index contributed by atoms with van der Waals surface area (Å²) in [5, 5.41) is 10.8. The fourth-order valence-corrected chi connectivity index (χ4v) is 2.01. The van der Waals surface area contributed by atoms with E-state index in [-0.39, 0.29) is 12.3 Å². The summed E-state index contributed by atoms with van der Waals surface area (Å²) in [6.45, 7) is 1.71. The van der Waals surface area contributed by atoms with Gasteiger partial charge in [-0.1, -0.05) is 18.2 Å². The van der Waals surface area contributed by atoms with Crippen LogP contribution in [-0.2, 0) is 11.3 Å². The number of aryl methyl sites for hydroxylation is 1. The molecule has 2 aromatic rings. The van der Waals surface area contributed by atoms with Crippen molar-refractivity contribution in [3.8, 4) is 5.75 Å². The van der Waals surface area contributed by atoms with Crippen molar-refractivity contribution in [1.29, 1.82) is 0 Å². The van der Waals surface area contributed by atoms with E-state index in [2.05, 4.69) is 0 Å². The summed E-state index contributed by atoms with van der Waals surface area (Å²) in [4.78, 5) is 22.4. The summed E-state index contributed by atoms with van der Waals surface area (Å²) in [6, 6.07) is 11.2. The highest BCUT2D eigenvalue weighted by Gasteiger charge is 2.15. The molecule has 0 saturated heterocycles. The second-order valence-corrected chi connectivity index (χ2v) is 4.64. The van der Waals surface area contributed by atoms with E-state index < -0.39 is 10.9 Å². The lowest BCUT2D eigenvalue weighted by atomic mass is 10.1. The Bertz CT molecular complexity index is 711. The number of esters is 1. The van der Waals surface area contributed by atoms with Gasteiger partial charge in [-0.05, 0) is 24.6 Å². The number of methoxy groups -OCH3 is 1. The molecular weight excluding hydrogens is 286 g/mol. The van der Waals surface area contributed by atoms with Crippen LogP contribution < -0.4 is 4.74 Å². The summed E-state index contributed by atoms with van der Waals surface area (Å²) in [6.07, 6.45) is 0. The second kappa shape index (κ2) is 6.71. The molecule has 0 aromatic heterocycles. The van der Waals surface area contributed by atoms with Gasteiger partial charge in [0.05, 0.1) is 17.6 Å². The van der Waals surface area contributed by atoms with Crippen LogP contribution >= 0.6 is 0 Å². The maximum atomic E-state index is 12.1. The third-order valence-electron chi connectivity index (χ3n) is 3.20. The molecule has 0 aliphatic heterocycles. The molecule has 0 amide bonds. The van der Waals surface area contributed by atoms with Crippen LogP contribution in [0.15, 0.2) is 42.5 Å². The second-order valence-electron chi connectivity index (χ2n) is 4.64. The molecule has 0 N–H and O–H groups in total. The maximum absolute atomic E-state index is 12.1. The predicted octanol–water partition coefficient (Wildman–Crippen LogP) is 3.27. The highest BCUT2D eigenvalue weighted by atomic mass is 16.6. The van der Waals surface area contributed by atoms with E-state index in [0.29, 0.717) is 16.9 Å². The van der Waals surface area contributed by atoms with Crippen LogP contribution in [0.4, 0.5) is 5.69 Å². The number of non-ortho nitro benzene ring substituents is 1. The normalized spacial score (nSPS) is 10.1. The minimum atomic E-state index is -0.508. The Labute approximate surface area is 127 Å². The molecule has 6 nitrogen and oxygen atoms in total. The van der Waals surface area contributed by atoms with Crippen molar-refractivity contribution in [2.24, 2.45) is 0 Å². The van der Waals surface area contributed by atoms with Crippen LogP contribution in [0, 0.1) is 17.0 Å². The average molecular weight is 301 g/mol. The van der Waals surface area contributed by atoms with E-state index in [1.54, 1.807) is 12.1 Å². The number of nitrogens with zero attached hydrogens (tertiary/aromatic N) is 1. The maximum Gasteiger partial charge on any atom is 0.338 e. The highest BCUT2D eigenvalue weighted by Crippen LogP contribution is 2.25. The van der Waals surface area contributed by atoms with Crippen molar-refractivity contribution in [2.75, 3.05) is 7.11 Å². The smallest absolute Gasteiger partial charge is 0.338 e. The zero-order chi connectivity index (χ0) is 16.1. The molecule has 2 rings (SSSR count). The number of hydrogen-bond acceptors (Lipinski definition) is 5. The van der Waals surface area contributed by atoms with Crippen molar-refractivity contribution in [3.63, 3.8) is 0 Å². The third-order valence-corrected chi connectivity index (χ3v) is 3.20. The van der Waals surface area contributed by atoms with E-state index in [1.165, 1.54) is 25.3 Å². The zero-order valence-corrected chi connectivity index (χ0v) is 12.2. The molecule has 0 aliphatic rings. The van der Waals surface area contributed by atoms with Gasteiger partial charge in [-0.15, -0.1) is 0 Å². The first-order valence-electron chi connectivity index (χ1n) is 6.57. The Morgan fingerprint density at radius 2 is 1.95 bits per heavy atom. The Balaban J connectivity index is 2.17. The van der Waals surface area contributed by atoms with Crippen LogP contribution in [0.5, 0.6) is 5.75 Å². The van der Waals surface area contributed by atoms with Gasteiger partial charge >= 0.3 is 5.97 Å². The van der Waals surface area contributed by atoms with Crippen molar-refractivity contribution in [3.05, 3.63) is 69.3 Å². The molecule has 114 valence electrons. The number of carbonyl (C=O) groups excluding carboxylic acids is 1. The van der Waals surface area contributed by atoms with Gasteiger partial charge in [-0.3, -0.25) is 10.1 Å². The standard InChI is InChI=1S/C16H15NO5/c1-11-5-3-4-6-14(11)16(18)22-10-12-9-13(17(19)20)7-8-15(12)21-2/h3-9H,10H2,1-2H3. The minimum Gasteiger partial charge on any atom is -0.496 e. The van der Waals surface area contributed by atoms with Gasteiger partial charge in [0.2, 0.25) is 0 Å². The number of rotatable bonds is 5. The van der Waals surface area contributed by atoms with Gasteiger partial charge < -0.3 is 9.47 Å². The number of hydrogen-bond donors (Lipinski definition) is 0. The fraction of sp³-hybridized carbons (Fsp3) is 0.188. The van der Waals surface area contributed by atoms with Gasteiger partial charge in [0.1, 0.15) is 12.4 Å². The summed E-state index contributed by atoms with van der Waals surface area (Å²) >= 11 is 0. The Morgan fingerprint density at radius 1 is 1.23 bits per heavy atom. The van der Waals surface area contributed by atoms with Gasteiger partial charge in [0.25, 0.3) is 5.69 Å². The molecule has 0 bridgehead atoms. The van der Waals surface area contributed by atoms with E-state index in [4.69, 9.17) is 9.47 Å². The quantitative estimate of drug-likeness (QED) is 0.481. The van der Waals surface area contributed by atoms with E-state index >= 15 is 0 Å². The molecule has 0 radical (unpaired) electrons. The van der Waals surface area contributed by atoms with Crippen molar-refractivity contribution in [2.45, 2.75) is 13.5 Å². The molecule has 0 spiro atoms. The molecule has 0 unspecified atom stereocenters. The Hall–Kier alpha value is -2.89. The number of carbonyl (C=O) groups is 1. The predicted molar refractivity (Wildman–Crippen MR) is 79.9 cm³/mol. The number of nitro benzene ring substituents is 1. The Morgan fingerprint density at radius 3 is 2.59 bits per heavy atom. The summed E-state index contributed by atoms with van der Waals surface area (Å²) in [5.74, 6) is -0.0464. The summed E-state index contributed by atoms with van der Waals surface area (Å²) in [5.41, 5.74) is 1.63. The van der Waals surface area contributed by atoms with Crippen molar-refractivity contribution < 1.29 is 19.2 Å². The highest BCUT2D eigenvalue weighted by molar-refractivity contribution is 5.90. The van der Waals surface area contributed by atoms with Crippen LogP contribution in [0.1, 0.15) is 21.5 Å². The monoisotopic (exact) mass is 301 g/mol. The first-order valence-corrected chi connectivity index (χ1v) is 6.57. The SMILES string of the molecule is COc1ccc([N+](=O)[O-])cc1COC(=O)c1ccccc1C. The van der Waals surface area contributed by atoms with E-state index in [0.717, 1.165) is 5.56 Å². The minimum absolute atomic E-state index is 0.0808. The molecule has 0 fully saturated rings. The molecule has 6 heteroatoms. The Kier molecular flexibility index (Phi) is 4.73. The topological polar surface area (TPSA) is 78.7 Å². The van der Waals surface area contributed by atoms with Gasteiger partial charge in [-0.25, -0.2) is 4.79 Å². The van der Waals surface area contributed by atoms with Crippen LogP contribution in [0.3, 0.4) is 0 Å². The van der Waals surface area contributed by atoms with Gasteiger partial charge in [0, 0.05) is 17.7 Å². The lowest BCUT2D eigenvalue weighted by molar-refractivity contribution is -0.385. The first kappa shape index (κ1) is 15.5. The molecule has 0 saturated carbocycles. The molecule has 2 aromatic carbocycles. The van der Waals surface area contributed by atoms with Crippen LogP contribution in [0.25, 0.3) is 0 Å². The fourth-order valence-electron chi connectivity index (χ4n) is 2.01. The van der Waals surface area contributed by atoms with E-state index in [9.17, 15) is 14.9 Å². The van der Waals surface area contributed by atoms with Crippen molar-refractivity contribution >= 4 is 11.7 Å². The lowest BCUT2D eigenvalue weighted by Crippen LogP contribution is -2.08. The molecular formula is C16H15NO5. The number of nitro groups is 1. The average Bonchev–Trinajstić information content (AvgIpc) is 2.52. The third kappa shape index (κ3) is 3.41. The lowest BCUT2D eigenvalue weighted by Gasteiger charge is -2.10. The van der Waals surface area contributed by atoms with Gasteiger partial charge in [-0.2, -0.15) is 0 Å². The summed E-state index contributed by atoms with van der Waals surface area (Å²) < 4.78 is 10.4. The van der Waals surface area contributed by atoms with Crippen molar-refractivity contribution in [1.82, 2.24) is 0 Å². The van der Waals surface area contributed by atoms with Gasteiger partial charge in [0.15, 0.2) is 0 Å². The van der Waals surface area contributed by atoms with Crippen LogP contribution in [0.2, 0.25) is 0 Å². The van der Waals surface area contributed by atoms with Crippen LogP contribution in [-0.4, -0.2) is 18.0 Å². The first-order chi connectivity index (χ1) is 10.5. The molecule has 0 atom stereocenters. The largest absolute Gasteiger partial charge is 0.496 e. The molecule has 0 heterocycles. The number of ether oxygens (including phenoxy) is 2. The number of benzene rings is 2. The summed E-state index contributed by atoms with van der Waals surface area (Å²) in [7, 11) is 1.45. The van der Waals surface area contributed by atoms with E-state index in [1.807, 2.05) is 19.1 Å². The molecule has 0 aliphatic carbocycles.